The van der Waals surface area contributed by atoms with Crippen molar-refractivity contribution in [1.29, 1.82) is 0 Å². The van der Waals surface area contributed by atoms with Crippen molar-refractivity contribution in [3.05, 3.63) is 35.6 Å². The molecule has 1 aromatic carbocycles. The summed E-state index contributed by atoms with van der Waals surface area (Å²) in [4.78, 5) is 32.7. The minimum absolute atomic E-state index is 0.166. The van der Waals surface area contributed by atoms with Crippen molar-refractivity contribution >= 4 is 17.9 Å². The SMILES string of the molecule is O=C(O)CCC(=O)NC(=O)NCCc1ccccc1F. The minimum atomic E-state index is -1.11. The molecule has 0 aliphatic rings. The van der Waals surface area contributed by atoms with Crippen LogP contribution in [0, 0.1) is 5.82 Å². The third-order valence-electron chi connectivity index (χ3n) is 2.46. The minimum Gasteiger partial charge on any atom is -0.481 e. The van der Waals surface area contributed by atoms with Crippen LogP contribution in [0.1, 0.15) is 18.4 Å². The van der Waals surface area contributed by atoms with Crippen LogP contribution in [0.25, 0.3) is 0 Å². The van der Waals surface area contributed by atoms with Crippen LogP contribution >= 0.6 is 0 Å². The number of amides is 3. The number of hydrogen-bond acceptors (Lipinski definition) is 3. The number of imide groups is 1. The van der Waals surface area contributed by atoms with E-state index in [0.29, 0.717) is 12.0 Å². The topological polar surface area (TPSA) is 95.5 Å². The molecule has 3 amide bonds. The molecule has 7 heteroatoms. The van der Waals surface area contributed by atoms with Crippen LogP contribution in [0.3, 0.4) is 0 Å². The standard InChI is InChI=1S/C13H15FN2O4/c14-10-4-2-1-3-9(10)7-8-15-13(20)16-11(17)5-6-12(18)19/h1-4H,5-8H2,(H,18,19)(H2,15,16,17,20). The van der Waals surface area contributed by atoms with Gasteiger partial charge in [0.1, 0.15) is 5.82 Å². The van der Waals surface area contributed by atoms with Gasteiger partial charge in [-0.15, -0.1) is 0 Å². The second-order valence-electron chi connectivity index (χ2n) is 4.04. The maximum Gasteiger partial charge on any atom is 0.321 e. The number of carboxylic acid groups (broad SMARTS) is 1. The van der Waals surface area contributed by atoms with E-state index >= 15 is 0 Å². The van der Waals surface area contributed by atoms with E-state index in [0.717, 1.165) is 0 Å². The number of carbonyl (C=O) groups is 3. The largest absolute Gasteiger partial charge is 0.481 e. The van der Waals surface area contributed by atoms with Crippen molar-refractivity contribution in [2.45, 2.75) is 19.3 Å². The summed E-state index contributed by atoms with van der Waals surface area (Å²) in [6.07, 6.45) is -0.312. The summed E-state index contributed by atoms with van der Waals surface area (Å²) in [5, 5.41) is 12.8. The van der Waals surface area contributed by atoms with E-state index in [4.69, 9.17) is 5.11 Å². The summed E-state index contributed by atoms with van der Waals surface area (Å²) in [7, 11) is 0. The van der Waals surface area contributed by atoms with Gasteiger partial charge in [-0.1, -0.05) is 18.2 Å². The molecule has 0 aliphatic heterocycles. The Bertz CT molecular complexity index is 505. The number of carbonyl (C=O) groups excluding carboxylic acids is 2. The third kappa shape index (κ3) is 5.94. The third-order valence-corrected chi connectivity index (χ3v) is 2.46. The summed E-state index contributed by atoms with van der Waals surface area (Å²) < 4.78 is 13.3. The second-order valence-corrected chi connectivity index (χ2v) is 4.04. The molecule has 0 spiro atoms. The van der Waals surface area contributed by atoms with Gasteiger partial charge in [0.15, 0.2) is 0 Å². The summed E-state index contributed by atoms with van der Waals surface area (Å²) >= 11 is 0. The molecule has 0 saturated heterocycles. The van der Waals surface area contributed by atoms with E-state index in [1.807, 2.05) is 5.32 Å². The molecule has 108 valence electrons. The highest BCUT2D eigenvalue weighted by Gasteiger charge is 2.09. The summed E-state index contributed by atoms with van der Waals surface area (Å²) in [5.41, 5.74) is 0.463. The molecule has 20 heavy (non-hydrogen) atoms. The van der Waals surface area contributed by atoms with Crippen LogP contribution < -0.4 is 10.6 Å². The predicted octanol–water partition coefficient (Wildman–Crippen LogP) is 1.06. The Morgan fingerprint density at radius 2 is 1.85 bits per heavy atom. The lowest BCUT2D eigenvalue weighted by molar-refractivity contribution is -0.138. The van der Waals surface area contributed by atoms with Gasteiger partial charge in [0.05, 0.1) is 6.42 Å². The summed E-state index contributed by atoms with van der Waals surface area (Å²) in [6, 6.07) is 5.46. The van der Waals surface area contributed by atoms with Gasteiger partial charge in [0, 0.05) is 13.0 Å². The normalized spacial score (nSPS) is 9.85. The van der Waals surface area contributed by atoms with Crippen LogP contribution in [0.4, 0.5) is 9.18 Å². The van der Waals surface area contributed by atoms with Crippen LogP contribution in [-0.4, -0.2) is 29.6 Å². The van der Waals surface area contributed by atoms with Gasteiger partial charge < -0.3 is 10.4 Å². The lowest BCUT2D eigenvalue weighted by atomic mass is 10.1. The molecule has 3 N–H and O–H groups in total. The number of nitrogens with one attached hydrogen (secondary N) is 2. The molecule has 0 unspecified atom stereocenters. The molecule has 0 aliphatic carbocycles. The molecular weight excluding hydrogens is 267 g/mol. The van der Waals surface area contributed by atoms with Crippen LogP contribution in [0.5, 0.6) is 0 Å². The van der Waals surface area contributed by atoms with Crippen molar-refractivity contribution in [2.75, 3.05) is 6.54 Å². The average molecular weight is 282 g/mol. The molecular formula is C13H15FN2O4. The first-order valence-corrected chi connectivity index (χ1v) is 6.02. The second kappa shape index (κ2) is 7.88. The van der Waals surface area contributed by atoms with Gasteiger partial charge in [-0.3, -0.25) is 14.9 Å². The highest BCUT2D eigenvalue weighted by Crippen LogP contribution is 2.05. The maximum atomic E-state index is 13.3. The molecule has 0 aromatic heterocycles. The molecule has 1 aromatic rings. The lowest BCUT2D eigenvalue weighted by Gasteiger charge is -2.06. The monoisotopic (exact) mass is 282 g/mol. The van der Waals surface area contributed by atoms with Crippen LogP contribution in [0.15, 0.2) is 24.3 Å². The smallest absolute Gasteiger partial charge is 0.321 e. The Morgan fingerprint density at radius 3 is 2.50 bits per heavy atom. The number of halogens is 1. The first-order chi connectivity index (χ1) is 9.49. The Kier molecular flexibility index (Phi) is 6.15. The number of hydrogen-bond donors (Lipinski definition) is 3. The van der Waals surface area contributed by atoms with E-state index in [1.54, 1.807) is 18.2 Å². The highest BCUT2D eigenvalue weighted by atomic mass is 19.1. The molecule has 0 bridgehead atoms. The Balaban J connectivity index is 2.25. The van der Waals surface area contributed by atoms with Gasteiger partial charge in [-0.05, 0) is 18.1 Å². The number of aliphatic carboxylic acids is 1. The fourth-order valence-corrected chi connectivity index (χ4v) is 1.47. The summed E-state index contributed by atoms with van der Waals surface area (Å²) in [6.45, 7) is 0.166. The number of rotatable bonds is 6. The van der Waals surface area contributed by atoms with Gasteiger partial charge in [0.2, 0.25) is 5.91 Å². The van der Waals surface area contributed by atoms with E-state index in [2.05, 4.69) is 5.32 Å². The quantitative estimate of drug-likeness (QED) is 0.727. The van der Waals surface area contributed by atoms with Gasteiger partial charge in [-0.2, -0.15) is 0 Å². The average Bonchev–Trinajstić information content (AvgIpc) is 2.38. The van der Waals surface area contributed by atoms with E-state index < -0.39 is 17.9 Å². The summed E-state index contributed by atoms with van der Waals surface area (Å²) in [5.74, 6) is -2.14. The first kappa shape index (κ1) is 15.6. The molecule has 0 atom stereocenters. The van der Waals surface area contributed by atoms with Gasteiger partial charge in [0.25, 0.3) is 0 Å². The molecule has 0 radical (unpaired) electrons. The highest BCUT2D eigenvalue weighted by molar-refractivity contribution is 5.95. The molecule has 0 fully saturated rings. The Morgan fingerprint density at radius 1 is 1.15 bits per heavy atom. The fraction of sp³-hybridized carbons (Fsp3) is 0.308. The van der Waals surface area contributed by atoms with E-state index in [1.165, 1.54) is 6.07 Å². The molecule has 6 nitrogen and oxygen atoms in total. The maximum absolute atomic E-state index is 13.3. The number of carboxylic acids is 1. The Hall–Kier alpha value is -2.44. The van der Waals surface area contributed by atoms with Crippen molar-refractivity contribution in [3.8, 4) is 0 Å². The van der Waals surface area contributed by atoms with Gasteiger partial charge in [-0.25, -0.2) is 9.18 Å². The zero-order chi connectivity index (χ0) is 15.0. The number of benzene rings is 1. The van der Waals surface area contributed by atoms with Crippen molar-refractivity contribution < 1.29 is 23.9 Å². The lowest BCUT2D eigenvalue weighted by Crippen LogP contribution is -2.40. The molecule has 1 rings (SSSR count). The fourth-order valence-electron chi connectivity index (χ4n) is 1.47. The van der Waals surface area contributed by atoms with Crippen molar-refractivity contribution in [2.24, 2.45) is 0 Å². The zero-order valence-electron chi connectivity index (χ0n) is 10.7. The predicted molar refractivity (Wildman–Crippen MR) is 68.5 cm³/mol. The van der Waals surface area contributed by atoms with E-state index in [9.17, 15) is 18.8 Å². The van der Waals surface area contributed by atoms with Crippen LogP contribution in [-0.2, 0) is 16.0 Å². The van der Waals surface area contributed by atoms with Crippen molar-refractivity contribution in [3.63, 3.8) is 0 Å². The zero-order valence-corrected chi connectivity index (χ0v) is 10.7. The molecule has 0 heterocycles. The molecule has 0 saturated carbocycles. The Labute approximate surface area is 115 Å². The number of urea groups is 1. The first-order valence-electron chi connectivity index (χ1n) is 6.02. The van der Waals surface area contributed by atoms with Gasteiger partial charge >= 0.3 is 12.0 Å². The van der Waals surface area contributed by atoms with Crippen molar-refractivity contribution in [1.82, 2.24) is 10.6 Å². The van der Waals surface area contributed by atoms with E-state index in [-0.39, 0.29) is 25.2 Å². The van der Waals surface area contributed by atoms with Crippen LogP contribution in [0.2, 0.25) is 0 Å².